The highest BCUT2D eigenvalue weighted by Crippen LogP contribution is 2.34. The summed E-state index contributed by atoms with van der Waals surface area (Å²) in [5, 5.41) is 16.6. The molecule has 374 valence electrons. The zero-order valence-electron chi connectivity index (χ0n) is 37.8. The lowest BCUT2D eigenvalue weighted by Gasteiger charge is -2.29. The zero-order valence-corrected chi connectivity index (χ0v) is 38.6. The third kappa shape index (κ3) is 16.1. The molecule has 0 spiro atoms. The Morgan fingerprint density at radius 2 is 0.944 bits per heavy atom. The molecule has 2 aliphatic rings. The summed E-state index contributed by atoms with van der Waals surface area (Å²) in [5.41, 5.74) is 8.20. The van der Waals surface area contributed by atoms with E-state index in [2.05, 4.69) is 20.7 Å². The Hall–Kier alpha value is -8.82. The predicted octanol–water partition coefficient (Wildman–Crippen LogP) is 6.75. The lowest BCUT2D eigenvalue weighted by molar-refractivity contribution is -0.123. The Morgan fingerprint density at radius 3 is 1.31 bits per heavy atom. The van der Waals surface area contributed by atoms with Gasteiger partial charge in [0.05, 0.1) is 24.0 Å². The minimum atomic E-state index is -0.668. The predicted molar refractivity (Wildman–Crippen MR) is 258 cm³/mol. The monoisotopic (exact) mass is 1010 g/mol. The molecule has 2 heterocycles. The smallest absolute Gasteiger partial charge is 0.337 e. The number of ketones is 1. The van der Waals surface area contributed by atoms with Crippen LogP contribution in [0.15, 0.2) is 133 Å². The van der Waals surface area contributed by atoms with Crippen LogP contribution in [-0.2, 0) is 28.7 Å². The molecule has 22 heteroatoms. The van der Waals surface area contributed by atoms with Crippen molar-refractivity contribution >= 4 is 87.0 Å². The maximum Gasteiger partial charge on any atom is 0.337 e. The third-order valence-electron chi connectivity index (χ3n) is 9.67. The number of fused-ring (bicyclic) bond motifs is 2. The van der Waals surface area contributed by atoms with E-state index in [1.165, 1.54) is 144 Å². The second-order valence-corrected chi connectivity index (χ2v) is 15.1. The number of esters is 1. The summed E-state index contributed by atoms with van der Waals surface area (Å²) in [6.07, 6.45) is 0. The standard InChI is InChI=1S/2C18H15FN2O5.C8H7ClFNO.C6H6FN/c1-25-18(24)11-2-7-15-14(8-11)21(17(23)10-26-15)9-16(22)20-13-5-3-12(19)4-6-13;19-12-2-4-13(5-3-12)20-17(24)8-21-14-7-11(15(23)9-22)1-6-16(14)26-10-18(21)25;9-5-8(12)11-7-3-1-6(10)2-4-7;7-5-1-3-6(8)4-2-5/h2-8H,9-10H2,1H3,(H,20,22);1-7,22H,8-10H2,(H,20,24);1-4H,5H2,(H,11,12);1-4H,8H2. The van der Waals surface area contributed by atoms with Crippen LogP contribution in [0.3, 0.4) is 0 Å². The second kappa shape index (κ2) is 26.2. The summed E-state index contributed by atoms with van der Waals surface area (Å²) in [4.78, 5) is 85.4. The van der Waals surface area contributed by atoms with E-state index in [9.17, 15) is 51.1 Å². The number of ether oxygens (including phenoxy) is 3. The van der Waals surface area contributed by atoms with Crippen molar-refractivity contribution in [3.05, 3.63) is 168 Å². The number of hydrogen-bond acceptors (Lipinski definition) is 12. The van der Waals surface area contributed by atoms with Crippen molar-refractivity contribution in [1.82, 2.24) is 0 Å². The number of halogens is 5. The first-order chi connectivity index (χ1) is 34.5. The van der Waals surface area contributed by atoms with E-state index in [0.717, 1.165) is 0 Å². The normalized spacial score (nSPS) is 11.9. The molecule has 2 aliphatic heterocycles. The number of rotatable bonds is 11. The number of carbonyl (C=O) groups excluding carboxylic acids is 7. The molecule has 0 bridgehead atoms. The number of nitrogen functional groups attached to an aromatic ring is 1. The number of aliphatic hydroxyl groups is 1. The largest absolute Gasteiger partial charge is 0.482 e. The summed E-state index contributed by atoms with van der Waals surface area (Å²) in [6, 6.07) is 30.5. The number of anilines is 6. The van der Waals surface area contributed by atoms with Gasteiger partial charge >= 0.3 is 5.97 Å². The maximum atomic E-state index is 12.9. The van der Waals surface area contributed by atoms with Gasteiger partial charge in [-0.2, -0.15) is 0 Å². The van der Waals surface area contributed by atoms with Gasteiger partial charge in [0.15, 0.2) is 19.0 Å². The van der Waals surface area contributed by atoms with Gasteiger partial charge in [0, 0.05) is 28.3 Å². The molecule has 0 aliphatic carbocycles. The van der Waals surface area contributed by atoms with Gasteiger partial charge in [0.25, 0.3) is 11.8 Å². The number of alkyl halides is 1. The van der Waals surface area contributed by atoms with Crippen LogP contribution in [0, 0.1) is 23.3 Å². The van der Waals surface area contributed by atoms with Crippen LogP contribution in [0.5, 0.6) is 11.5 Å². The first-order valence-corrected chi connectivity index (χ1v) is 21.6. The number of hydrogen-bond donors (Lipinski definition) is 5. The molecule has 0 saturated heterocycles. The van der Waals surface area contributed by atoms with Crippen molar-refractivity contribution < 1.29 is 70.4 Å². The Labute approximate surface area is 413 Å². The van der Waals surface area contributed by atoms with Gasteiger partial charge in [0.1, 0.15) is 60.3 Å². The van der Waals surface area contributed by atoms with Crippen LogP contribution < -0.4 is 41.0 Å². The van der Waals surface area contributed by atoms with E-state index in [4.69, 9.17) is 31.9 Å². The first kappa shape index (κ1) is 54.1. The third-order valence-corrected chi connectivity index (χ3v) is 9.91. The average molecular weight is 1020 g/mol. The molecular weight excluding hydrogens is 972 g/mol. The summed E-state index contributed by atoms with van der Waals surface area (Å²) in [7, 11) is 1.25. The van der Waals surface area contributed by atoms with Gasteiger partial charge in [0.2, 0.25) is 17.7 Å². The second-order valence-electron chi connectivity index (χ2n) is 14.8. The SMILES string of the molecule is COC(=O)c1ccc2c(c1)N(CC(=O)Nc1ccc(F)cc1)C(=O)CO2.Nc1ccc(F)cc1.O=C(CCl)Nc1ccc(F)cc1.O=C(CN1C(=O)COc2ccc(C(=O)CO)cc21)Nc1ccc(F)cc1. The quantitative estimate of drug-likeness (QED) is 0.0298. The van der Waals surface area contributed by atoms with Crippen LogP contribution in [0.4, 0.5) is 51.7 Å². The van der Waals surface area contributed by atoms with Crippen molar-refractivity contribution in [3.8, 4) is 11.5 Å². The van der Waals surface area contributed by atoms with E-state index >= 15 is 0 Å². The van der Waals surface area contributed by atoms with Gasteiger partial charge in [-0.3, -0.25) is 38.6 Å². The zero-order chi connectivity index (χ0) is 52.3. The summed E-state index contributed by atoms with van der Waals surface area (Å²) in [5.74, 6) is -4.01. The fourth-order valence-corrected chi connectivity index (χ4v) is 6.27. The molecule has 6 N–H and O–H groups in total. The van der Waals surface area contributed by atoms with Crippen molar-refractivity contribution in [2.45, 2.75) is 0 Å². The van der Waals surface area contributed by atoms with Gasteiger partial charge < -0.3 is 41.0 Å². The van der Waals surface area contributed by atoms with Crippen molar-refractivity contribution in [1.29, 1.82) is 0 Å². The molecule has 5 amide bonds. The van der Waals surface area contributed by atoms with E-state index in [1.807, 2.05) is 0 Å². The Bertz CT molecular complexity index is 2730. The molecule has 0 unspecified atom stereocenters. The lowest BCUT2D eigenvalue weighted by Crippen LogP contribution is -2.43. The Balaban J connectivity index is 0.000000195. The minimum absolute atomic E-state index is 0.0998. The molecule has 0 atom stereocenters. The van der Waals surface area contributed by atoms with E-state index in [0.29, 0.717) is 39.9 Å². The molecule has 0 fully saturated rings. The van der Waals surface area contributed by atoms with Gasteiger partial charge in [-0.25, -0.2) is 22.4 Å². The number of nitrogens with zero attached hydrogens (tertiary/aromatic N) is 2. The minimum Gasteiger partial charge on any atom is -0.482 e. The molecule has 0 saturated carbocycles. The fraction of sp³-hybridized carbons (Fsp3) is 0.140. The van der Waals surface area contributed by atoms with Crippen LogP contribution in [-0.4, -0.2) is 92.3 Å². The number of amides is 5. The highest BCUT2D eigenvalue weighted by molar-refractivity contribution is 6.29. The number of nitrogens with two attached hydrogens (primary N) is 1. The lowest BCUT2D eigenvalue weighted by atomic mass is 10.1. The summed E-state index contributed by atoms with van der Waals surface area (Å²) in [6.45, 7) is -1.70. The van der Waals surface area contributed by atoms with Gasteiger partial charge in [-0.15, -0.1) is 11.6 Å². The van der Waals surface area contributed by atoms with Crippen LogP contribution in [0.25, 0.3) is 0 Å². The Morgan fingerprint density at radius 1 is 0.583 bits per heavy atom. The Kier molecular flexibility index (Phi) is 19.7. The topological polar surface area (TPSA) is 236 Å². The number of nitrogens with one attached hydrogen (secondary N) is 3. The van der Waals surface area contributed by atoms with Gasteiger partial charge in [-0.1, -0.05) is 0 Å². The van der Waals surface area contributed by atoms with Gasteiger partial charge in [-0.05, 0) is 133 Å². The summed E-state index contributed by atoms with van der Waals surface area (Å²) >= 11 is 5.25. The molecule has 0 radical (unpaired) electrons. The van der Waals surface area contributed by atoms with Crippen LogP contribution in [0.2, 0.25) is 0 Å². The molecular formula is C50H43ClF4N6O11. The maximum absolute atomic E-state index is 12.9. The number of benzene rings is 6. The van der Waals surface area contributed by atoms with E-state index in [-0.39, 0.29) is 66.5 Å². The molecule has 6 aromatic rings. The number of aliphatic hydroxyl groups excluding tert-OH is 1. The molecule has 0 aromatic heterocycles. The van der Waals surface area contributed by atoms with E-state index in [1.54, 1.807) is 6.07 Å². The van der Waals surface area contributed by atoms with Crippen LogP contribution in [0.1, 0.15) is 20.7 Å². The molecule has 72 heavy (non-hydrogen) atoms. The van der Waals surface area contributed by atoms with Crippen molar-refractivity contribution in [2.75, 3.05) is 77.4 Å². The first-order valence-electron chi connectivity index (χ1n) is 21.1. The average Bonchev–Trinajstić information content (AvgIpc) is 3.38. The number of Topliss-reactive ketones (excluding diaryl/α,β-unsaturated/α-hetero) is 1. The molecule has 8 rings (SSSR count). The molecule has 17 nitrogen and oxygen atoms in total. The fourth-order valence-electron chi connectivity index (χ4n) is 6.21. The van der Waals surface area contributed by atoms with E-state index < -0.39 is 53.6 Å². The van der Waals surface area contributed by atoms with Crippen LogP contribution >= 0.6 is 11.6 Å². The number of methoxy groups -OCH3 is 1. The highest BCUT2D eigenvalue weighted by Gasteiger charge is 2.30. The molecule has 6 aromatic carbocycles. The number of carbonyl (C=O) groups is 7. The highest BCUT2D eigenvalue weighted by atomic mass is 35.5. The van der Waals surface area contributed by atoms with Crippen molar-refractivity contribution in [3.63, 3.8) is 0 Å². The van der Waals surface area contributed by atoms with Crippen molar-refractivity contribution in [2.24, 2.45) is 0 Å². The summed E-state index contributed by atoms with van der Waals surface area (Å²) < 4.78 is 65.6.